The topological polar surface area (TPSA) is 29.1 Å². The second-order valence-corrected chi connectivity index (χ2v) is 5.20. The van der Waals surface area contributed by atoms with E-state index in [1.807, 2.05) is 25.1 Å². The molecule has 0 aliphatic heterocycles. The molecular weight excluding hydrogens is 321 g/mol. The third-order valence-electron chi connectivity index (χ3n) is 2.70. The molecule has 0 spiro atoms. The highest BCUT2D eigenvalue weighted by atomic mass is 79.9. The third-order valence-corrected chi connectivity index (χ3v) is 3.59. The molecule has 0 saturated heterocycles. The number of nitrogens with one attached hydrogen (secondary N) is 1. The van der Waals surface area contributed by atoms with Gasteiger partial charge in [-0.2, -0.15) is 0 Å². The smallest absolute Gasteiger partial charge is 0.248 e. The van der Waals surface area contributed by atoms with E-state index in [4.69, 9.17) is 0 Å². The van der Waals surface area contributed by atoms with Crippen molar-refractivity contribution >= 4 is 33.6 Å². The molecular formula is C16H13BrFNO. The van der Waals surface area contributed by atoms with Crippen molar-refractivity contribution in [2.75, 3.05) is 5.32 Å². The van der Waals surface area contributed by atoms with Crippen LogP contribution in [-0.2, 0) is 4.79 Å². The Morgan fingerprint density at radius 1 is 1.25 bits per heavy atom. The first-order valence-electron chi connectivity index (χ1n) is 6.05. The van der Waals surface area contributed by atoms with E-state index in [1.165, 1.54) is 18.2 Å². The summed E-state index contributed by atoms with van der Waals surface area (Å²) in [4.78, 5) is 11.8. The van der Waals surface area contributed by atoms with Crippen molar-refractivity contribution < 1.29 is 9.18 Å². The van der Waals surface area contributed by atoms with Crippen LogP contribution in [0.1, 0.15) is 11.1 Å². The van der Waals surface area contributed by atoms with Gasteiger partial charge in [-0.3, -0.25) is 4.79 Å². The van der Waals surface area contributed by atoms with Crippen molar-refractivity contribution in [3.8, 4) is 0 Å². The first kappa shape index (κ1) is 14.5. The van der Waals surface area contributed by atoms with Crippen LogP contribution in [-0.4, -0.2) is 5.91 Å². The van der Waals surface area contributed by atoms with Gasteiger partial charge in [0, 0.05) is 16.2 Å². The fourth-order valence-electron chi connectivity index (χ4n) is 1.69. The number of halogens is 2. The van der Waals surface area contributed by atoms with Crippen LogP contribution in [0.5, 0.6) is 0 Å². The third kappa shape index (κ3) is 4.03. The largest absolute Gasteiger partial charge is 0.323 e. The number of rotatable bonds is 3. The minimum absolute atomic E-state index is 0.254. The molecule has 0 atom stereocenters. The van der Waals surface area contributed by atoms with Crippen molar-refractivity contribution in [1.82, 2.24) is 0 Å². The van der Waals surface area contributed by atoms with E-state index >= 15 is 0 Å². The van der Waals surface area contributed by atoms with Crippen molar-refractivity contribution in [1.29, 1.82) is 0 Å². The Morgan fingerprint density at radius 3 is 2.75 bits per heavy atom. The highest BCUT2D eigenvalue weighted by Crippen LogP contribution is 2.20. The summed E-state index contributed by atoms with van der Waals surface area (Å²) >= 11 is 3.40. The van der Waals surface area contributed by atoms with E-state index < -0.39 is 0 Å². The molecule has 1 N–H and O–H groups in total. The summed E-state index contributed by atoms with van der Waals surface area (Å²) in [7, 11) is 0. The van der Waals surface area contributed by atoms with Crippen LogP contribution in [0, 0.1) is 12.7 Å². The van der Waals surface area contributed by atoms with Gasteiger partial charge in [0.05, 0.1) is 0 Å². The number of benzene rings is 2. The van der Waals surface area contributed by atoms with Crippen LogP contribution in [0.4, 0.5) is 10.1 Å². The molecule has 0 saturated carbocycles. The summed E-state index contributed by atoms with van der Waals surface area (Å²) in [5, 5.41) is 2.75. The molecule has 2 rings (SSSR count). The maximum Gasteiger partial charge on any atom is 0.248 e. The second-order valence-electron chi connectivity index (χ2n) is 4.34. The zero-order valence-electron chi connectivity index (χ0n) is 10.9. The number of carbonyl (C=O) groups is 1. The average molecular weight is 334 g/mol. The molecule has 0 aromatic heterocycles. The summed E-state index contributed by atoms with van der Waals surface area (Å²) < 4.78 is 14.0. The van der Waals surface area contributed by atoms with E-state index in [-0.39, 0.29) is 11.7 Å². The number of anilines is 1. The molecule has 0 unspecified atom stereocenters. The Kier molecular flexibility index (Phi) is 4.69. The van der Waals surface area contributed by atoms with Gasteiger partial charge < -0.3 is 5.32 Å². The lowest BCUT2D eigenvalue weighted by Gasteiger charge is -2.04. The molecule has 0 radical (unpaired) electrons. The lowest BCUT2D eigenvalue weighted by atomic mass is 10.2. The standard InChI is InChI=1S/C16H13BrFNO/c1-11-9-14(6-7-15(11)17)19-16(20)8-5-12-3-2-4-13(18)10-12/h2-10H,1H3,(H,19,20)/b8-5+. The Labute approximate surface area is 125 Å². The van der Waals surface area contributed by atoms with Gasteiger partial charge in [-0.1, -0.05) is 28.1 Å². The van der Waals surface area contributed by atoms with E-state index in [2.05, 4.69) is 21.2 Å². The van der Waals surface area contributed by atoms with Gasteiger partial charge in [-0.15, -0.1) is 0 Å². The van der Waals surface area contributed by atoms with E-state index in [1.54, 1.807) is 18.2 Å². The van der Waals surface area contributed by atoms with Gasteiger partial charge in [0.1, 0.15) is 5.82 Å². The minimum atomic E-state index is -0.323. The Balaban J connectivity index is 2.03. The zero-order chi connectivity index (χ0) is 14.5. The summed E-state index contributed by atoms with van der Waals surface area (Å²) in [5.41, 5.74) is 2.41. The summed E-state index contributed by atoms with van der Waals surface area (Å²) in [6, 6.07) is 11.6. The van der Waals surface area contributed by atoms with Crippen molar-refractivity contribution in [3.05, 3.63) is 70.0 Å². The lowest BCUT2D eigenvalue weighted by molar-refractivity contribution is -0.111. The molecule has 4 heteroatoms. The normalized spacial score (nSPS) is 10.8. The minimum Gasteiger partial charge on any atom is -0.323 e. The summed E-state index contributed by atoms with van der Waals surface area (Å²) in [5.74, 6) is -0.577. The van der Waals surface area contributed by atoms with Crippen molar-refractivity contribution in [2.24, 2.45) is 0 Å². The molecule has 0 bridgehead atoms. The fourth-order valence-corrected chi connectivity index (χ4v) is 1.94. The van der Waals surface area contributed by atoms with Gasteiger partial charge in [-0.05, 0) is 54.5 Å². The molecule has 102 valence electrons. The van der Waals surface area contributed by atoms with Gasteiger partial charge in [-0.25, -0.2) is 4.39 Å². The average Bonchev–Trinajstić information content (AvgIpc) is 2.41. The monoisotopic (exact) mass is 333 g/mol. The molecule has 2 aromatic carbocycles. The molecule has 0 aliphatic rings. The molecule has 0 fully saturated rings. The molecule has 0 heterocycles. The number of hydrogen-bond acceptors (Lipinski definition) is 1. The summed E-state index contributed by atoms with van der Waals surface area (Å²) in [6.45, 7) is 1.95. The zero-order valence-corrected chi connectivity index (χ0v) is 12.4. The van der Waals surface area contributed by atoms with Gasteiger partial charge in [0.25, 0.3) is 0 Å². The van der Waals surface area contributed by atoms with E-state index in [9.17, 15) is 9.18 Å². The molecule has 2 aromatic rings. The SMILES string of the molecule is Cc1cc(NC(=O)/C=C/c2cccc(F)c2)ccc1Br. The number of amides is 1. The van der Waals surface area contributed by atoms with Crippen LogP contribution in [0.15, 0.2) is 53.0 Å². The fraction of sp³-hybridized carbons (Fsp3) is 0.0625. The van der Waals surface area contributed by atoms with Crippen LogP contribution in [0.2, 0.25) is 0 Å². The van der Waals surface area contributed by atoms with Crippen LogP contribution < -0.4 is 5.32 Å². The Bertz CT molecular complexity index is 667. The lowest BCUT2D eigenvalue weighted by Crippen LogP contribution is -2.07. The molecule has 1 amide bonds. The summed E-state index contributed by atoms with van der Waals surface area (Å²) in [6.07, 6.45) is 2.95. The number of carbonyl (C=O) groups excluding carboxylic acids is 1. The highest BCUT2D eigenvalue weighted by molar-refractivity contribution is 9.10. The van der Waals surface area contributed by atoms with Gasteiger partial charge in [0.15, 0.2) is 0 Å². The highest BCUT2D eigenvalue weighted by Gasteiger charge is 2.00. The Hall–Kier alpha value is -1.94. The van der Waals surface area contributed by atoms with Crippen molar-refractivity contribution in [3.63, 3.8) is 0 Å². The first-order chi connectivity index (χ1) is 9.54. The Morgan fingerprint density at radius 2 is 2.05 bits per heavy atom. The van der Waals surface area contributed by atoms with Gasteiger partial charge >= 0.3 is 0 Å². The maximum atomic E-state index is 13.0. The second kappa shape index (κ2) is 6.48. The van der Waals surface area contributed by atoms with Crippen molar-refractivity contribution in [2.45, 2.75) is 6.92 Å². The maximum absolute atomic E-state index is 13.0. The van der Waals surface area contributed by atoms with Crippen LogP contribution in [0.25, 0.3) is 6.08 Å². The molecule has 2 nitrogen and oxygen atoms in total. The first-order valence-corrected chi connectivity index (χ1v) is 6.85. The van der Waals surface area contributed by atoms with Crippen LogP contribution in [0.3, 0.4) is 0 Å². The number of aryl methyl sites for hydroxylation is 1. The number of hydrogen-bond donors (Lipinski definition) is 1. The molecule has 20 heavy (non-hydrogen) atoms. The van der Waals surface area contributed by atoms with E-state index in [0.717, 1.165) is 15.7 Å². The molecule has 0 aliphatic carbocycles. The quantitative estimate of drug-likeness (QED) is 0.820. The predicted molar refractivity (Wildman–Crippen MR) is 82.9 cm³/mol. The van der Waals surface area contributed by atoms with E-state index in [0.29, 0.717) is 5.56 Å². The predicted octanol–water partition coefficient (Wildman–Crippen LogP) is 4.55. The van der Waals surface area contributed by atoms with Gasteiger partial charge in [0.2, 0.25) is 5.91 Å². The van der Waals surface area contributed by atoms with Crippen LogP contribution >= 0.6 is 15.9 Å².